The van der Waals surface area contributed by atoms with Crippen LogP contribution in [0, 0.1) is 19.8 Å². The predicted octanol–water partition coefficient (Wildman–Crippen LogP) is 3.92. The largest absolute Gasteiger partial charge is 0.369 e. The van der Waals surface area contributed by atoms with Crippen molar-refractivity contribution in [2.75, 3.05) is 31.1 Å². The number of anilines is 1. The molecule has 1 aromatic carbocycles. The number of nitrogens with zero attached hydrogens (tertiary/aromatic N) is 6. The molecule has 1 aliphatic carbocycles. The number of hydrogen-bond donors (Lipinski definition) is 0. The molecule has 6 heteroatoms. The van der Waals surface area contributed by atoms with E-state index >= 15 is 0 Å². The van der Waals surface area contributed by atoms with Gasteiger partial charge < -0.3 is 4.90 Å². The lowest BCUT2D eigenvalue weighted by molar-refractivity contribution is 0.132. The Hall–Kier alpha value is -1.95. The molecule has 1 aliphatic heterocycles. The lowest BCUT2D eigenvalue weighted by Gasteiger charge is -2.41. The Morgan fingerprint density at radius 3 is 2.39 bits per heavy atom. The summed E-state index contributed by atoms with van der Waals surface area (Å²) < 4.78 is 2.15. The van der Waals surface area contributed by atoms with E-state index in [-0.39, 0.29) is 6.04 Å². The molecule has 2 fully saturated rings. The standard InChI is InChI=1S/C22H34N6/c1-16(2)21(22-23-24-25-28(22)19-7-5-6-8-19)27-13-11-26(12-14-27)20-15-17(3)9-10-18(20)4/h9-10,15-16,19,21H,5-8,11-14H2,1-4H3/t21-/m0/s1. The molecule has 2 aliphatic rings. The summed E-state index contributed by atoms with van der Waals surface area (Å²) in [5.41, 5.74) is 4.08. The SMILES string of the molecule is Cc1ccc(C)c(N2CCN([C@H](c3nnnn3C3CCCC3)C(C)C)CC2)c1. The van der Waals surface area contributed by atoms with E-state index in [9.17, 15) is 0 Å². The summed E-state index contributed by atoms with van der Waals surface area (Å²) in [5, 5.41) is 13.0. The van der Waals surface area contributed by atoms with E-state index in [1.54, 1.807) is 0 Å². The van der Waals surface area contributed by atoms with Gasteiger partial charge in [-0.2, -0.15) is 0 Å². The van der Waals surface area contributed by atoms with E-state index in [1.165, 1.54) is 42.5 Å². The molecule has 1 aromatic heterocycles. The van der Waals surface area contributed by atoms with Crippen LogP contribution in [0.5, 0.6) is 0 Å². The van der Waals surface area contributed by atoms with Crippen LogP contribution in [0.2, 0.25) is 0 Å². The maximum atomic E-state index is 4.51. The quantitative estimate of drug-likeness (QED) is 0.784. The van der Waals surface area contributed by atoms with Crippen molar-refractivity contribution in [3.8, 4) is 0 Å². The Balaban J connectivity index is 1.50. The van der Waals surface area contributed by atoms with Gasteiger partial charge in [-0.05, 0) is 60.2 Å². The van der Waals surface area contributed by atoms with Gasteiger partial charge in [0.2, 0.25) is 0 Å². The minimum atomic E-state index is 0.288. The van der Waals surface area contributed by atoms with Gasteiger partial charge in [0.15, 0.2) is 5.82 Å². The van der Waals surface area contributed by atoms with Crippen LogP contribution in [0.1, 0.15) is 68.6 Å². The maximum absolute atomic E-state index is 4.51. The van der Waals surface area contributed by atoms with Crippen molar-refractivity contribution >= 4 is 5.69 Å². The van der Waals surface area contributed by atoms with Crippen molar-refractivity contribution in [2.45, 2.75) is 65.5 Å². The van der Waals surface area contributed by atoms with Crippen molar-refractivity contribution in [3.63, 3.8) is 0 Å². The van der Waals surface area contributed by atoms with Crippen molar-refractivity contribution in [2.24, 2.45) is 5.92 Å². The highest BCUT2D eigenvalue weighted by Crippen LogP contribution is 2.34. The topological polar surface area (TPSA) is 50.1 Å². The molecule has 0 unspecified atom stereocenters. The van der Waals surface area contributed by atoms with E-state index in [0.717, 1.165) is 32.0 Å². The summed E-state index contributed by atoms with van der Waals surface area (Å²) >= 11 is 0. The first-order valence-electron chi connectivity index (χ1n) is 10.9. The molecule has 4 rings (SSSR count). The Morgan fingerprint density at radius 1 is 1.00 bits per heavy atom. The summed E-state index contributed by atoms with van der Waals surface area (Å²) in [6, 6.07) is 7.54. The summed E-state index contributed by atoms with van der Waals surface area (Å²) in [6.07, 6.45) is 5.02. The van der Waals surface area contributed by atoms with Crippen molar-refractivity contribution in [3.05, 3.63) is 35.2 Å². The van der Waals surface area contributed by atoms with Crippen molar-refractivity contribution < 1.29 is 0 Å². The van der Waals surface area contributed by atoms with Gasteiger partial charge in [0.25, 0.3) is 0 Å². The molecule has 6 nitrogen and oxygen atoms in total. The number of hydrogen-bond acceptors (Lipinski definition) is 5. The molecule has 2 heterocycles. The molecule has 1 atom stereocenters. The molecule has 2 aromatic rings. The molecule has 152 valence electrons. The summed E-state index contributed by atoms with van der Waals surface area (Å²) in [4.78, 5) is 5.14. The Morgan fingerprint density at radius 2 is 1.71 bits per heavy atom. The molecule has 1 saturated heterocycles. The Kier molecular flexibility index (Phi) is 5.67. The third-order valence-electron chi connectivity index (χ3n) is 6.50. The van der Waals surface area contributed by atoms with Crippen LogP contribution in [-0.4, -0.2) is 51.3 Å². The molecule has 0 amide bonds. The highest BCUT2D eigenvalue weighted by Gasteiger charge is 2.33. The van der Waals surface area contributed by atoms with Gasteiger partial charge >= 0.3 is 0 Å². The first kappa shape index (κ1) is 19.4. The first-order chi connectivity index (χ1) is 13.5. The predicted molar refractivity (Wildman–Crippen MR) is 113 cm³/mol. The van der Waals surface area contributed by atoms with Crippen LogP contribution in [0.4, 0.5) is 5.69 Å². The number of benzene rings is 1. The van der Waals surface area contributed by atoms with Crippen LogP contribution in [0.3, 0.4) is 0 Å². The van der Waals surface area contributed by atoms with E-state index in [4.69, 9.17) is 0 Å². The van der Waals surface area contributed by atoms with Crippen LogP contribution in [-0.2, 0) is 0 Å². The molecule has 0 bridgehead atoms. The maximum Gasteiger partial charge on any atom is 0.168 e. The fraction of sp³-hybridized carbons (Fsp3) is 0.682. The minimum Gasteiger partial charge on any atom is -0.369 e. The fourth-order valence-electron chi connectivity index (χ4n) is 4.99. The highest BCUT2D eigenvalue weighted by atomic mass is 15.6. The van der Waals surface area contributed by atoms with E-state index < -0.39 is 0 Å². The highest BCUT2D eigenvalue weighted by molar-refractivity contribution is 5.55. The molecule has 0 spiro atoms. The number of aromatic nitrogens is 4. The lowest BCUT2D eigenvalue weighted by Crippen LogP contribution is -2.49. The van der Waals surface area contributed by atoms with Gasteiger partial charge in [0.05, 0.1) is 12.1 Å². The normalized spacial score (nSPS) is 20.2. The second kappa shape index (κ2) is 8.19. The average Bonchev–Trinajstić information content (AvgIpc) is 3.36. The molecular formula is C22H34N6. The van der Waals surface area contributed by atoms with Crippen LogP contribution >= 0.6 is 0 Å². The van der Waals surface area contributed by atoms with Crippen molar-refractivity contribution in [1.29, 1.82) is 0 Å². The second-order valence-corrected chi connectivity index (χ2v) is 8.92. The van der Waals surface area contributed by atoms with Gasteiger partial charge in [0.1, 0.15) is 0 Å². The monoisotopic (exact) mass is 382 g/mol. The Bertz CT molecular complexity index is 784. The van der Waals surface area contributed by atoms with E-state index in [2.05, 4.69) is 75.9 Å². The van der Waals surface area contributed by atoms with Crippen molar-refractivity contribution in [1.82, 2.24) is 25.1 Å². The fourth-order valence-corrected chi connectivity index (χ4v) is 4.99. The first-order valence-corrected chi connectivity index (χ1v) is 10.9. The zero-order valence-corrected chi connectivity index (χ0v) is 17.8. The van der Waals surface area contributed by atoms with Crippen LogP contribution in [0.25, 0.3) is 0 Å². The minimum absolute atomic E-state index is 0.288. The number of piperazine rings is 1. The molecule has 28 heavy (non-hydrogen) atoms. The number of tetrazole rings is 1. The van der Waals surface area contributed by atoms with Crippen LogP contribution in [0.15, 0.2) is 18.2 Å². The lowest BCUT2D eigenvalue weighted by atomic mass is 10.00. The smallest absolute Gasteiger partial charge is 0.168 e. The number of rotatable bonds is 5. The molecule has 0 radical (unpaired) electrons. The summed E-state index contributed by atoms with van der Waals surface area (Å²) in [7, 11) is 0. The summed E-state index contributed by atoms with van der Waals surface area (Å²) in [6.45, 7) is 13.2. The third-order valence-corrected chi connectivity index (χ3v) is 6.50. The molecule has 1 saturated carbocycles. The molecule has 0 N–H and O–H groups in total. The van der Waals surface area contributed by atoms with Gasteiger partial charge in [-0.15, -0.1) is 5.10 Å². The molecular weight excluding hydrogens is 348 g/mol. The van der Waals surface area contributed by atoms with Crippen LogP contribution < -0.4 is 4.90 Å². The number of aryl methyl sites for hydroxylation is 2. The van der Waals surface area contributed by atoms with E-state index in [1.807, 2.05) is 0 Å². The van der Waals surface area contributed by atoms with E-state index in [0.29, 0.717) is 12.0 Å². The second-order valence-electron chi connectivity index (χ2n) is 8.92. The average molecular weight is 383 g/mol. The van der Waals surface area contributed by atoms with Gasteiger partial charge in [0, 0.05) is 31.9 Å². The van der Waals surface area contributed by atoms with Gasteiger partial charge in [-0.1, -0.05) is 38.8 Å². The van der Waals surface area contributed by atoms with Gasteiger partial charge in [-0.25, -0.2) is 4.68 Å². The zero-order valence-electron chi connectivity index (χ0n) is 17.8. The van der Waals surface area contributed by atoms with Gasteiger partial charge in [-0.3, -0.25) is 4.90 Å². The summed E-state index contributed by atoms with van der Waals surface area (Å²) in [5.74, 6) is 1.56. The third kappa shape index (κ3) is 3.79. The zero-order chi connectivity index (χ0) is 19.7. The Labute approximate surface area is 168 Å².